The van der Waals surface area contributed by atoms with E-state index in [0.717, 1.165) is 11.4 Å². The first-order valence-corrected chi connectivity index (χ1v) is 6.67. The fourth-order valence-corrected chi connectivity index (χ4v) is 1.83. The van der Waals surface area contributed by atoms with E-state index in [-0.39, 0.29) is 10.6 Å². The van der Waals surface area contributed by atoms with Crippen molar-refractivity contribution in [3.05, 3.63) is 40.4 Å². The zero-order valence-corrected chi connectivity index (χ0v) is 12.4. The van der Waals surface area contributed by atoms with Crippen LogP contribution in [-0.2, 0) is 13.1 Å². The average molecular weight is 298 g/mol. The second kappa shape index (κ2) is 5.85. The average Bonchev–Trinajstić information content (AvgIpc) is 2.78. The maximum atomic E-state index is 13.1. The van der Waals surface area contributed by atoms with E-state index >= 15 is 0 Å². The van der Waals surface area contributed by atoms with E-state index in [1.807, 2.05) is 0 Å². The van der Waals surface area contributed by atoms with Gasteiger partial charge in [0.25, 0.3) is 0 Å². The summed E-state index contributed by atoms with van der Waals surface area (Å²) in [5, 5.41) is 15.0. The van der Waals surface area contributed by atoms with Gasteiger partial charge in [-0.25, -0.2) is 9.07 Å². The monoisotopic (exact) mass is 297 g/mol. The maximum Gasteiger partial charge on any atom is 0.165 e. The highest BCUT2D eigenvalue weighted by Gasteiger charge is 2.13. The molecule has 20 heavy (non-hydrogen) atoms. The fourth-order valence-electron chi connectivity index (χ4n) is 1.63. The van der Waals surface area contributed by atoms with E-state index in [9.17, 15) is 4.39 Å². The van der Waals surface area contributed by atoms with Crippen LogP contribution in [0.15, 0.2) is 18.2 Å². The van der Waals surface area contributed by atoms with Gasteiger partial charge < -0.3 is 5.32 Å². The third kappa shape index (κ3) is 3.98. The molecule has 7 heteroatoms. The van der Waals surface area contributed by atoms with E-state index in [1.165, 1.54) is 6.07 Å². The van der Waals surface area contributed by atoms with Crippen LogP contribution < -0.4 is 5.32 Å². The molecule has 0 aliphatic carbocycles. The number of hydrogen-bond donors (Lipinski definition) is 1. The van der Waals surface area contributed by atoms with Crippen LogP contribution in [-0.4, -0.2) is 25.7 Å². The molecule has 2 aromatic rings. The Hall–Kier alpha value is -1.53. The van der Waals surface area contributed by atoms with E-state index in [1.54, 1.807) is 16.8 Å². The molecule has 1 aromatic heterocycles. The van der Waals surface area contributed by atoms with Gasteiger partial charge in [-0.2, -0.15) is 0 Å². The molecule has 0 amide bonds. The van der Waals surface area contributed by atoms with Gasteiger partial charge in [-0.3, -0.25) is 0 Å². The van der Waals surface area contributed by atoms with Gasteiger partial charge in [0.1, 0.15) is 5.82 Å². The molecule has 5 nitrogen and oxygen atoms in total. The molecule has 0 spiro atoms. The van der Waals surface area contributed by atoms with Crippen LogP contribution in [0.2, 0.25) is 5.02 Å². The number of benzene rings is 1. The van der Waals surface area contributed by atoms with E-state index in [2.05, 4.69) is 41.6 Å². The van der Waals surface area contributed by atoms with Gasteiger partial charge >= 0.3 is 0 Å². The number of hydrogen-bond acceptors (Lipinski definition) is 4. The normalized spacial score (nSPS) is 11.8. The molecular formula is C13H17ClFN5. The maximum absolute atomic E-state index is 13.1. The summed E-state index contributed by atoms with van der Waals surface area (Å²) < 4.78 is 14.8. The van der Waals surface area contributed by atoms with Crippen LogP contribution in [0.1, 0.15) is 32.2 Å². The number of aromatic nitrogens is 4. The summed E-state index contributed by atoms with van der Waals surface area (Å²) in [5.41, 5.74) is 0.830. The van der Waals surface area contributed by atoms with Crippen molar-refractivity contribution in [1.82, 2.24) is 25.5 Å². The minimum absolute atomic E-state index is 0.0179. The number of rotatable bonds is 4. The smallest absolute Gasteiger partial charge is 0.165 e. The molecule has 0 aliphatic heterocycles. The Morgan fingerprint density at radius 2 is 2.10 bits per heavy atom. The summed E-state index contributed by atoms with van der Waals surface area (Å²) in [4.78, 5) is 0. The molecule has 0 atom stereocenters. The molecule has 1 N–H and O–H groups in total. The Bertz CT molecular complexity index is 591. The minimum Gasteiger partial charge on any atom is -0.305 e. The van der Waals surface area contributed by atoms with Crippen LogP contribution in [0.25, 0.3) is 0 Å². The number of nitrogens with one attached hydrogen (secondary N) is 1. The fraction of sp³-hybridized carbons (Fsp3) is 0.462. The highest BCUT2D eigenvalue weighted by molar-refractivity contribution is 6.30. The molecule has 1 aromatic carbocycles. The summed E-state index contributed by atoms with van der Waals surface area (Å²) in [5.74, 6) is 0.294. The van der Waals surface area contributed by atoms with Crippen LogP contribution >= 0.6 is 11.6 Å². The molecule has 0 bridgehead atoms. The topological polar surface area (TPSA) is 55.6 Å². The van der Waals surface area contributed by atoms with Gasteiger partial charge in [-0.1, -0.05) is 17.7 Å². The molecule has 2 rings (SSSR count). The summed E-state index contributed by atoms with van der Waals surface area (Å²) in [6.07, 6.45) is 0. The van der Waals surface area contributed by atoms with Crippen molar-refractivity contribution in [2.45, 2.75) is 39.4 Å². The van der Waals surface area contributed by atoms with E-state index in [4.69, 9.17) is 11.6 Å². The van der Waals surface area contributed by atoms with Gasteiger partial charge in [-0.15, -0.1) is 5.10 Å². The third-order valence-electron chi connectivity index (χ3n) is 2.70. The van der Waals surface area contributed by atoms with Crippen molar-refractivity contribution in [1.29, 1.82) is 0 Å². The number of tetrazole rings is 1. The third-order valence-corrected chi connectivity index (χ3v) is 2.99. The van der Waals surface area contributed by atoms with Crippen molar-refractivity contribution in [3.63, 3.8) is 0 Å². The van der Waals surface area contributed by atoms with Crippen LogP contribution in [0, 0.1) is 5.82 Å². The van der Waals surface area contributed by atoms with Crippen molar-refractivity contribution in [3.8, 4) is 0 Å². The SMILES string of the molecule is CC(C)(C)NCc1nnnn1Cc1ccc(F)c(Cl)c1. The summed E-state index contributed by atoms with van der Waals surface area (Å²) in [6.45, 7) is 7.22. The first kappa shape index (κ1) is 14.9. The molecule has 0 aliphatic rings. The Labute approximate surface area is 122 Å². The van der Waals surface area contributed by atoms with Crippen LogP contribution in [0.3, 0.4) is 0 Å². The zero-order valence-electron chi connectivity index (χ0n) is 11.7. The van der Waals surface area contributed by atoms with Crippen molar-refractivity contribution < 1.29 is 4.39 Å². The van der Waals surface area contributed by atoms with Gasteiger partial charge in [-0.05, 0) is 48.9 Å². The van der Waals surface area contributed by atoms with E-state index in [0.29, 0.717) is 13.1 Å². The highest BCUT2D eigenvalue weighted by Crippen LogP contribution is 2.16. The van der Waals surface area contributed by atoms with Crippen molar-refractivity contribution in [2.24, 2.45) is 0 Å². The van der Waals surface area contributed by atoms with Gasteiger partial charge in [0, 0.05) is 5.54 Å². The summed E-state index contributed by atoms with van der Waals surface area (Å²) in [7, 11) is 0. The lowest BCUT2D eigenvalue weighted by molar-refractivity contribution is 0.410. The lowest BCUT2D eigenvalue weighted by Crippen LogP contribution is -2.36. The van der Waals surface area contributed by atoms with Crippen molar-refractivity contribution >= 4 is 11.6 Å². The van der Waals surface area contributed by atoms with Crippen LogP contribution in [0.5, 0.6) is 0 Å². The number of halogens is 2. The molecule has 0 saturated carbocycles. The first-order chi connectivity index (χ1) is 9.35. The molecule has 108 valence electrons. The first-order valence-electron chi connectivity index (χ1n) is 6.29. The van der Waals surface area contributed by atoms with Gasteiger partial charge in [0.2, 0.25) is 0 Å². The largest absolute Gasteiger partial charge is 0.305 e. The van der Waals surface area contributed by atoms with Gasteiger partial charge in [0.15, 0.2) is 5.82 Å². The Kier molecular flexibility index (Phi) is 4.35. The molecule has 0 saturated heterocycles. The lowest BCUT2D eigenvalue weighted by Gasteiger charge is -2.19. The molecule has 0 fully saturated rings. The molecule has 0 radical (unpaired) electrons. The Balaban J connectivity index is 2.10. The highest BCUT2D eigenvalue weighted by atomic mass is 35.5. The van der Waals surface area contributed by atoms with Crippen LogP contribution in [0.4, 0.5) is 4.39 Å². The predicted molar refractivity (Wildman–Crippen MR) is 74.9 cm³/mol. The zero-order chi connectivity index (χ0) is 14.8. The Morgan fingerprint density at radius 3 is 2.75 bits per heavy atom. The van der Waals surface area contributed by atoms with Gasteiger partial charge in [0.05, 0.1) is 18.1 Å². The molecular weight excluding hydrogens is 281 g/mol. The molecule has 1 heterocycles. The van der Waals surface area contributed by atoms with E-state index < -0.39 is 5.82 Å². The molecule has 0 unspecified atom stereocenters. The standard InChI is InChI=1S/C13H17ClFN5/c1-13(2,3)16-7-12-17-18-19-20(12)8-9-4-5-11(15)10(14)6-9/h4-6,16H,7-8H2,1-3H3. The lowest BCUT2D eigenvalue weighted by atomic mass is 10.1. The number of nitrogens with zero attached hydrogens (tertiary/aromatic N) is 4. The second-order valence-electron chi connectivity index (χ2n) is 5.60. The summed E-state index contributed by atoms with van der Waals surface area (Å²) in [6, 6.07) is 4.60. The Morgan fingerprint density at radius 1 is 1.35 bits per heavy atom. The van der Waals surface area contributed by atoms with Crippen molar-refractivity contribution in [2.75, 3.05) is 0 Å². The summed E-state index contributed by atoms with van der Waals surface area (Å²) >= 11 is 5.77. The minimum atomic E-state index is -0.429. The predicted octanol–water partition coefficient (Wildman–Crippen LogP) is 2.40. The second-order valence-corrected chi connectivity index (χ2v) is 6.01. The quantitative estimate of drug-likeness (QED) is 0.941.